The highest BCUT2D eigenvalue weighted by atomic mass is 16.4. The van der Waals surface area contributed by atoms with Gasteiger partial charge in [-0.1, -0.05) is 0 Å². The van der Waals surface area contributed by atoms with Gasteiger partial charge < -0.3 is 15.3 Å². The van der Waals surface area contributed by atoms with Crippen LogP contribution < -0.4 is 5.32 Å². The number of likely N-dealkylation sites (N-methyl/N-ethyl adjacent to an activating group) is 1. The van der Waals surface area contributed by atoms with Crippen LogP contribution in [0.2, 0.25) is 0 Å². The molecular formula is C11H17N3O5. The minimum absolute atomic E-state index is 0.108. The maximum atomic E-state index is 12.0. The van der Waals surface area contributed by atoms with E-state index in [0.29, 0.717) is 6.54 Å². The van der Waals surface area contributed by atoms with E-state index in [9.17, 15) is 19.2 Å². The summed E-state index contributed by atoms with van der Waals surface area (Å²) < 4.78 is 0. The molecule has 0 spiro atoms. The van der Waals surface area contributed by atoms with E-state index < -0.39 is 29.9 Å². The largest absolute Gasteiger partial charge is 0.481 e. The zero-order valence-corrected chi connectivity index (χ0v) is 10.9. The van der Waals surface area contributed by atoms with Crippen LogP contribution in [-0.2, 0) is 14.4 Å². The van der Waals surface area contributed by atoms with Crippen LogP contribution in [0, 0.1) is 0 Å². The van der Waals surface area contributed by atoms with E-state index >= 15 is 0 Å². The Hall–Kier alpha value is -2.12. The summed E-state index contributed by atoms with van der Waals surface area (Å²) in [5, 5.41) is 11.0. The average Bonchev–Trinajstić information content (AvgIpc) is 2.60. The Balaban J connectivity index is 2.66. The van der Waals surface area contributed by atoms with E-state index in [0.717, 1.165) is 4.90 Å². The molecule has 1 rings (SSSR count). The van der Waals surface area contributed by atoms with Crippen LogP contribution in [0.25, 0.3) is 0 Å². The third-order valence-corrected chi connectivity index (χ3v) is 2.89. The van der Waals surface area contributed by atoms with Crippen molar-refractivity contribution in [2.75, 3.05) is 19.6 Å². The molecule has 0 aromatic heterocycles. The maximum Gasteiger partial charge on any atom is 0.325 e. The molecule has 1 aliphatic rings. The fourth-order valence-electron chi connectivity index (χ4n) is 1.94. The molecule has 2 N–H and O–H groups in total. The zero-order chi connectivity index (χ0) is 14.6. The summed E-state index contributed by atoms with van der Waals surface area (Å²) in [5.74, 6) is -1.91. The van der Waals surface area contributed by atoms with Gasteiger partial charge in [0, 0.05) is 12.6 Å². The monoisotopic (exact) mass is 271 g/mol. The van der Waals surface area contributed by atoms with Crippen molar-refractivity contribution < 1.29 is 24.3 Å². The van der Waals surface area contributed by atoms with Crippen LogP contribution in [0.5, 0.6) is 0 Å². The fraction of sp³-hybridized carbons (Fsp3) is 0.636. The Bertz CT molecular complexity index is 393. The quantitative estimate of drug-likeness (QED) is 0.618. The van der Waals surface area contributed by atoms with Crippen LogP contribution in [0.15, 0.2) is 0 Å². The number of hydrogen-bond acceptors (Lipinski definition) is 4. The van der Waals surface area contributed by atoms with Gasteiger partial charge in [0.1, 0.15) is 6.54 Å². The lowest BCUT2D eigenvalue weighted by atomic mass is 10.2. The topological polar surface area (TPSA) is 107 Å². The second kappa shape index (κ2) is 6.17. The molecule has 0 aromatic rings. The van der Waals surface area contributed by atoms with Gasteiger partial charge in [-0.2, -0.15) is 0 Å². The van der Waals surface area contributed by atoms with E-state index in [1.54, 1.807) is 13.8 Å². The molecule has 106 valence electrons. The fourth-order valence-corrected chi connectivity index (χ4v) is 1.94. The van der Waals surface area contributed by atoms with E-state index in [1.165, 1.54) is 4.90 Å². The Morgan fingerprint density at radius 2 is 2.11 bits per heavy atom. The van der Waals surface area contributed by atoms with Gasteiger partial charge >= 0.3 is 12.0 Å². The second-order valence-corrected chi connectivity index (χ2v) is 4.27. The van der Waals surface area contributed by atoms with Gasteiger partial charge in [-0.3, -0.25) is 19.3 Å². The third-order valence-electron chi connectivity index (χ3n) is 2.89. The number of nitrogens with one attached hydrogen (secondary N) is 1. The molecule has 0 aliphatic carbocycles. The summed E-state index contributed by atoms with van der Waals surface area (Å²) in [6.07, 6.45) is -0.181. The smallest absolute Gasteiger partial charge is 0.325 e. The standard InChI is InChI=1S/C11H17N3O5/c1-3-13(7(2)4-10(17)18)9(16)6-14-8(15)5-12-11(14)19/h7H,3-6H2,1-2H3,(H,12,19)(H,17,18). The van der Waals surface area contributed by atoms with Gasteiger partial charge in [0.15, 0.2) is 0 Å². The van der Waals surface area contributed by atoms with Crippen molar-refractivity contribution in [2.24, 2.45) is 0 Å². The van der Waals surface area contributed by atoms with Crippen molar-refractivity contribution >= 4 is 23.8 Å². The molecule has 0 saturated carbocycles. The molecule has 1 unspecified atom stereocenters. The molecule has 1 aliphatic heterocycles. The van der Waals surface area contributed by atoms with Gasteiger partial charge in [0.05, 0.1) is 13.0 Å². The number of hydrogen-bond donors (Lipinski definition) is 2. The van der Waals surface area contributed by atoms with E-state index in [-0.39, 0.29) is 19.5 Å². The number of carbonyl (C=O) groups is 4. The SMILES string of the molecule is CCN(C(=O)CN1C(=O)CNC1=O)C(C)CC(=O)O. The van der Waals surface area contributed by atoms with Crippen LogP contribution in [0.3, 0.4) is 0 Å². The van der Waals surface area contributed by atoms with Gasteiger partial charge in [0.25, 0.3) is 5.91 Å². The first kappa shape index (κ1) is 14.9. The number of carbonyl (C=O) groups excluding carboxylic acids is 3. The van der Waals surface area contributed by atoms with E-state index in [1.807, 2.05) is 0 Å². The molecule has 1 atom stereocenters. The lowest BCUT2D eigenvalue weighted by Crippen LogP contribution is -2.46. The predicted molar refractivity (Wildman–Crippen MR) is 64.2 cm³/mol. The molecule has 4 amide bonds. The highest BCUT2D eigenvalue weighted by Gasteiger charge is 2.32. The number of amides is 4. The number of imide groups is 1. The number of carboxylic acids is 1. The second-order valence-electron chi connectivity index (χ2n) is 4.27. The van der Waals surface area contributed by atoms with Crippen molar-refractivity contribution in [1.82, 2.24) is 15.1 Å². The molecule has 8 heteroatoms. The molecule has 0 bridgehead atoms. The Morgan fingerprint density at radius 3 is 2.53 bits per heavy atom. The number of urea groups is 1. The van der Waals surface area contributed by atoms with Crippen LogP contribution in [-0.4, -0.2) is 64.4 Å². The summed E-state index contributed by atoms with van der Waals surface area (Å²) in [7, 11) is 0. The van der Waals surface area contributed by atoms with Crippen LogP contribution in [0.4, 0.5) is 4.79 Å². The lowest BCUT2D eigenvalue weighted by molar-refractivity contribution is -0.142. The maximum absolute atomic E-state index is 12.0. The summed E-state index contributed by atoms with van der Waals surface area (Å²) in [5.41, 5.74) is 0. The molecule has 1 saturated heterocycles. The third kappa shape index (κ3) is 3.67. The van der Waals surface area contributed by atoms with Crippen molar-refractivity contribution in [2.45, 2.75) is 26.3 Å². The molecular weight excluding hydrogens is 254 g/mol. The lowest BCUT2D eigenvalue weighted by Gasteiger charge is -2.28. The highest BCUT2D eigenvalue weighted by Crippen LogP contribution is 2.07. The van der Waals surface area contributed by atoms with Crippen molar-refractivity contribution in [1.29, 1.82) is 0 Å². The predicted octanol–water partition coefficient (Wildman–Crippen LogP) is -0.750. The van der Waals surface area contributed by atoms with Crippen molar-refractivity contribution in [3.63, 3.8) is 0 Å². The van der Waals surface area contributed by atoms with Gasteiger partial charge in [-0.15, -0.1) is 0 Å². The first-order valence-corrected chi connectivity index (χ1v) is 5.96. The Morgan fingerprint density at radius 1 is 1.47 bits per heavy atom. The summed E-state index contributed by atoms with van der Waals surface area (Å²) in [4.78, 5) is 47.5. The number of carboxylic acid groups (broad SMARTS) is 1. The first-order valence-electron chi connectivity index (χ1n) is 5.96. The van der Waals surface area contributed by atoms with Gasteiger partial charge in [-0.05, 0) is 13.8 Å². The Kier molecular flexibility index (Phi) is 4.85. The number of nitrogens with zero attached hydrogens (tertiary/aromatic N) is 2. The number of rotatable bonds is 6. The zero-order valence-electron chi connectivity index (χ0n) is 10.9. The van der Waals surface area contributed by atoms with E-state index in [2.05, 4.69) is 5.32 Å². The molecule has 0 aromatic carbocycles. The van der Waals surface area contributed by atoms with Crippen LogP contribution in [0.1, 0.15) is 20.3 Å². The van der Waals surface area contributed by atoms with Gasteiger partial charge in [-0.25, -0.2) is 4.79 Å². The summed E-state index contributed by atoms with van der Waals surface area (Å²) in [6, 6.07) is -1.09. The van der Waals surface area contributed by atoms with Crippen molar-refractivity contribution in [3.05, 3.63) is 0 Å². The number of aliphatic carboxylic acids is 1. The summed E-state index contributed by atoms with van der Waals surface area (Å²) >= 11 is 0. The van der Waals surface area contributed by atoms with E-state index in [4.69, 9.17) is 5.11 Å². The normalized spacial score (nSPS) is 16.2. The Labute approximate surface area is 110 Å². The molecule has 19 heavy (non-hydrogen) atoms. The first-order chi connectivity index (χ1) is 8.86. The summed E-state index contributed by atoms with van der Waals surface area (Å²) in [6.45, 7) is 3.17. The minimum atomic E-state index is -1.01. The van der Waals surface area contributed by atoms with Gasteiger partial charge in [0.2, 0.25) is 5.91 Å². The minimum Gasteiger partial charge on any atom is -0.481 e. The molecule has 1 heterocycles. The van der Waals surface area contributed by atoms with Crippen molar-refractivity contribution in [3.8, 4) is 0 Å². The average molecular weight is 271 g/mol. The molecule has 1 fully saturated rings. The van der Waals surface area contributed by atoms with Crippen LogP contribution >= 0.6 is 0 Å². The molecule has 0 radical (unpaired) electrons. The molecule has 8 nitrogen and oxygen atoms in total. The highest BCUT2D eigenvalue weighted by molar-refractivity contribution is 6.04.